The van der Waals surface area contributed by atoms with Crippen molar-refractivity contribution < 1.29 is 17.9 Å². The molecule has 1 aliphatic heterocycles. The minimum atomic E-state index is -3.58. The Labute approximate surface area is 172 Å². The maximum atomic E-state index is 13.0. The minimum Gasteiger partial charge on any atom is -0.444 e. The lowest BCUT2D eigenvalue weighted by Crippen LogP contribution is -2.48. The summed E-state index contributed by atoms with van der Waals surface area (Å²) in [7, 11) is -1.87. The number of rotatable bonds is 4. The van der Waals surface area contributed by atoms with E-state index < -0.39 is 15.6 Å². The summed E-state index contributed by atoms with van der Waals surface area (Å²) in [4.78, 5) is 14.1. The molecule has 0 atom stereocenters. The number of sulfonamides is 1. The highest BCUT2D eigenvalue weighted by molar-refractivity contribution is 7.89. The molecule has 0 unspecified atom stereocenters. The van der Waals surface area contributed by atoms with Gasteiger partial charge in [0.15, 0.2) is 0 Å². The predicted octanol–water partition coefficient (Wildman–Crippen LogP) is 2.89. The molecule has 3 rings (SSSR count). The highest BCUT2D eigenvalue weighted by atomic mass is 32.2. The number of piperidine rings is 1. The van der Waals surface area contributed by atoms with E-state index in [1.165, 1.54) is 4.31 Å². The van der Waals surface area contributed by atoms with E-state index in [4.69, 9.17) is 4.74 Å². The quantitative estimate of drug-likeness (QED) is 0.759. The van der Waals surface area contributed by atoms with Gasteiger partial charge < -0.3 is 9.64 Å². The molecule has 2 heterocycles. The van der Waals surface area contributed by atoms with Gasteiger partial charge in [0, 0.05) is 38.6 Å². The molecule has 158 valence electrons. The second-order valence-electron chi connectivity index (χ2n) is 8.17. The second-order valence-corrected chi connectivity index (χ2v) is 10.1. The first-order valence-electron chi connectivity index (χ1n) is 9.64. The van der Waals surface area contributed by atoms with Crippen LogP contribution in [-0.4, -0.2) is 65.3 Å². The molecule has 1 saturated heterocycles. The maximum absolute atomic E-state index is 13.0. The molecule has 1 amide bonds. The average molecular weight is 421 g/mol. The molecule has 1 aromatic heterocycles. The van der Waals surface area contributed by atoms with Crippen molar-refractivity contribution in [3.05, 3.63) is 42.7 Å². The number of amides is 1. The van der Waals surface area contributed by atoms with Crippen LogP contribution in [0.15, 0.2) is 47.6 Å². The van der Waals surface area contributed by atoms with Crippen LogP contribution in [0.2, 0.25) is 0 Å². The number of aromatic nitrogens is 2. The van der Waals surface area contributed by atoms with Gasteiger partial charge in [-0.2, -0.15) is 9.40 Å². The van der Waals surface area contributed by atoms with E-state index in [0.717, 1.165) is 5.69 Å². The lowest BCUT2D eigenvalue weighted by atomic mass is 10.1. The largest absolute Gasteiger partial charge is 0.444 e. The van der Waals surface area contributed by atoms with E-state index in [9.17, 15) is 13.2 Å². The summed E-state index contributed by atoms with van der Waals surface area (Å²) >= 11 is 0. The third kappa shape index (κ3) is 4.97. The van der Waals surface area contributed by atoms with Gasteiger partial charge >= 0.3 is 6.09 Å². The fraction of sp³-hybridized carbons (Fsp3) is 0.500. The SMILES string of the molecule is CN(C(=O)OC(C)(C)C)C1CCN(S(=O)(=O)c2ccc(-n3cccn3)cc2)CC1. The van der Waals surface area contributed by atoms with Crippen LogP contribution in [0.1, 0.15) is 33.6 Å². The molecular weight excluding hydrogens is 392 g/mol. The lowest BCUT2D eigenvalue weighted by molar-refractivity contribution is 0.0178. The van der Waals surface area contributed by atoms with E-state index in [0.29, 0.717) is 25.9 Å². The Kier molecular flexibility index (Phi) is 6.00. The first-order chi connectivity index (χ1) is 13.6. The van der Waals surface area contributed by atoms with Crippen molar-refractivity contribution in [1.29, 1.82) is 0 Å². The van der Waals surface area contributed by atoms with Gasteiger partial charge in [0.1, 0.15) is 5.60 Å². The van der Waals surface area contributed by atoms with Gasteiger partial charge in [0.25, 0.3) is 0 Å². The molecule has 1 fully saturated rings. The summed E-state index contributed by atoms with van der Waals surface area (Å²) in [6.45, 7) is 6.20. The maximum Gasteiger partial charge on any atom is 0.410 e. The smallest absolute Gasteiger partial charge is 0.410 e. The number of nitrogens with zero attached hydrogens (tertiary/aromatic N) is 4. The van der Waals surface area contributed by atoms with Crippen LogP contribution in [0.3, 0.4) is 0 Å². The van der Waals surface area contributed by atoms with Gasteiger partial charge in [-0.05, 0) is 63.9 Å². The molecule has 0 radical (unpaired) electrons. The summed E-state index contributed by atoms with van der Waals surface area (Å²) in [6.07, 6.45) is 4.23. The molecule has 29 heavy (non-hydrogen) atoms. The average Bonchev–Trinajstić information content (AvgIpc) is 3.21. The third-order valence-corrected chi connectivity index (χ3v) is 6.81. The Morgan fingerprint density at radius 2 is 1.79 bits per heavy atom. The number of hydrogen-bond acceptors (Lipinski definition) is 5. The summed E-state index contributed by atoms with van der Waals surface area (Å²) in [5.41, 5.74) is 0.240. The number of carbonyl (C=O) groups is 1. The first kappa shape index (κ1) is 21.3. The molecule has 9 heteroatoms. The summed E-state index contributed by atoms with van der Waals surface area (Å²) in [5.74, 6) is 0. The van der Waals surface area contributed by atoms with Crippen molar-refractivity contribution in [3.8, 4) is 5.69 Å². The zero-order valence-electron chi connectivity index (χ0n) is 17.3. The molecule has 0 N–H and O–H groups in total. The summed E-state index contributed by atoms with van der Waals surface area (Å²) in [5, 5.41) is 4.14. The Bertz CT molecular complexity index is 926. The van der Waals surface area contributed by atoms with Crippen LogP contribution < -0.4 is 0 Å². The van der Waals surface area contributed by atoms with Gasteiger partial charge in [0.2, 0.25) is 10.0 Å². The summed E-state index contributed by atoms with van der Waals surface area (Å²) < 4.78 is 34.5. The monoisotopic (exact) mass is 420 g/mol. The molecule has 0 saturated carbocycles. The predicted molar refractivity (Wildman–Crippen MR) is 109 cm³/mol. The molecule has 0 aliphatic carbocycles. The van der Waals surface area contributed by atoms with E-state index in [2.05, 4.69) is 5.10 Å². The minimum absolute atomic E-state index is 0.0431. The molecule has 1 aromatic carbocycles. The van der Waals surface area contributed by atoms with Crippen LogP contribution in [0.5, 0.6) is 0 Å². The topological polar surface area (TPSA) is 84.7 Å². The fourth-order valence-electron chi connectivity index (χ4n) is 3.29. The zero-order valence-corrected chi connectivity index (χ0v) is 18.1. The number of benzene rings is 1. The van der Waals surface area contributed by atoms with Crippen molar-refractivity contribution in [2.75, 3.05) is 20.1 Å². The lowest BCUT2D eigenvalue weighted by Gasteiger charge is -2.36. The Balaban J connectivity index is 1.63. The van der Waals surface area contributed by atoms with Crippen molar-refractivity contribution in [2.45, 2.75) is 50.2 Å². The van der Waals surface area contributed by atoms with Crippen molar-refractivity contribution in [1.82, 2.24) is 19.0 Å². The third-order valence-electron chi connectivity index (χ3n) is 4.90. The van der Waals surface area contributed by atoms with Gasteiger partial charge in [-0.3, -0.25) is 0 Å². The van der Waals surface area contributed by atoms with Crippen LogP contribution >= 0.6 is 0 Å². The Morgan fingerprint density at radius 3 is 2.31 bits per heavy atom. The normalized spacial score (nSPS) is 16.6. The van der Waals surface area contributed by atoms with Crippen molar-refractivity contribution in [3.63, 3.8) is 0 Å². The molecule has 0 spiro atoms. The van der Waals surface area contributed by atoms with Crippen LogP contribution in [0.25, 0.3) is 5.69 Å². The van der Waals surface area contributed by atoms with E-state index >= 15 is 0 Å². The van der Waals surface area contributed by atoms with Gasteiger partial charge in [-0.1, -0.05) is 0 Å². The van der Waals surface area contributed by atoms with Crippen LogP contribution in [0, 0.1) is 0 Å². The molecule has 0 bridgehead atoms. The molecule has 1 aliphatic rings. The molecular formula is C20H28N4O4S. The zero-order chi connectivity index (χ0) is 21.2. The van der Waals surface area contributed by atoms with Crippen molar-refractivity contribution in [2.24, 2.45) is 0 Å². The molecule has 8 nitrogen and oxygen atoms in total. The first-order valence-corrected chi connectivity index (χ1v) is 11.1. The Hall–Kier alpha value is -2.39. The number of carbonyl (C=O) groups excluding carboxylic acids is 1. The number of hydrogen-bond donors (Lipinski definition) is 0. The second kappa shape index (κ2) is 8.16. The van der Waals surface area contributed by atoms with E-state index in [1.807, 2.05) is 26.8 Å². The Morgan fingerprint density at radius 1 is 1.17 bits per heavy atom. The highest BCUT2D eigenvalue weighted by Crippen LogP contribution is 2.24. The van der Waals surface area contributed by atoms with Crippen LogP contribution in [0.4, 0.5) is 4.79 Å². The molecule has 2 aromatic rings. The standard InChI is InChI=1S/C20H28N4O4S/c1-20(2,3)28-19(25)22(4)16-10-14-23(15-11-16)29(26,27)18-8-6-17(7-9-18)24-13-5-12-21-24/h5-9,12-13,16H,10-11,14-15H2,1-4H3. The summed E-state index contributed by atoms with van der Waals surface area (Å²) in [6, 6.07) is 8.45. The van der Waals surface area contributed by atoms with Gasteiger partial charge in [-0.25, -0.2) is 17.9 Å². The van der Waals surface area contributed by atoms with E-state index in [-0.39, 0.29) is 17.0 Å². The number of ether oxygens (including phenoxy) is 1. The van der Waals surface area contributed by atoms with Gasteiger partial charge in [-0.15, -0.1) is 0 Å². The van der Waals surface area contributed by atoms with E-state index in [1.54, 1.807) is 53.3 Å². The van der Waals surface area contributed by atoms with Gasteiger partial charge in [0.05, 0.1) is 10.6 Å². The van der Waals surface area contributed by atoms with Crippen molar-refractivity contribution >= 4 is 16.1 Å². The van der Waals surface area contributed by atoms with Crippen LogP contribution in [-0.2, 0) is 14.8 Å². The fourth-order valence-corrected chi connectivity index (χ4v) is 4.76. The highest BCUT2D eigenvalue weighted by Gasteiger charge is 2.33.